The molecule has 174 valence electrons. The van der Waals surface area contributed by atoms with Gasteiger partial charge in [0.1, 0.15) is 18.7 Å². The van der Waals surface area contributed by atoms with Crippen molar-refractivity contribution in [2.45, 2.75) is 38.1 Å². The minimum Gasteiger partial charge on any atom is -0.445 e. The van der Waals surface area contributed by atoms with Crippen molar-refractivity contribution in [3.8, 4) is 0 Å². The Bertz CT molecular complexity index is 1100. The molecule has 3 amide bonds. The third kappa shape index (κ3) is 6.31. The molecule has 6 N–H and O–H groups in total. The molecule has 0 bridgehead atoms. The number of aliphatic hydroxyl groups is 1. The SMILES string of the molecule is CC(O)C(NC(=O)OCc1ccccc1)C(=O)N[C@@H](Cc1c[nH]c2ccccc12)C(=O)NO. The number of hydrogen-bond donors (Lipinski definition) is 6. The highest BCUT2D eigenvalue weighted by Crippen LogP contribution is 2.19. The Labute approximate surface area is 189 Å². The van der Waals surface area contributed by atoms with Crippen molar-refractivity contribution in [1.29, 1.82) is 0 Å². The maximum Gasteiger partial charge on any atom is 0.408 e. The number of amides is 3. The van der Waals surface area contributed by atoms with Gasteiger partial charge in [-0.25, -0.2) is 10.3 Å². The van der Waals surface area contributed by atoms with Gasteiger partial charge in [-0.2, -0.15) is 0 Å². The zero-order valence-electron chi connectivity index (χ0n) is 17.9. The number of ether oxygens (including phenoxy) is 1. The lowest BCUT2D eigenvalue weighted by atomic mass is 10.0. The summed E-state index contributed by atoms with van der Waals surface area (Å²) >= 11 is 0. The highest BCUT2D eigenvalue weighted by molar-refractivity contribution is 5.92. The van der Waals surface area contributed by atoms with Gasteiger partial charge in [0, 0.05) is 23.5 Å². The molecular formula is C23H26N4O6. The van der Waals surface area contributed by atoms with E-state index in [2.05, 4.69) is 15.6 Å². The quantitative estimate of drug-likeness (QED) is 0.212. The number of hydroxylamine groups is 1. The van der Waals surface area contributed by atoms with E-state index < -0.39 is 36.1 Å². The van der Waals surface area contributed by atoms with Gasteiger partial charge in [0.15, 0.2) is 0 Å². The number of para-hydroxylation sites is 1. The predicted octanol–water partition coefficient (Wildman–Crippen LogP) is 1.38. The average molecular weight is 454 g/mol. The number of rotatable bonds is 9. The van der Waals surface area contributed by atoms with Crippen LogP contribution in [0.3, 0.4) is 0 Å². The first kappa shape index (κ1) is 23.8. The Morgan fingerprint density at radius 1 is 1.00 bits per heavy atom. The molecule has 1 heterocycles. The standard InChI is InChI=1S/C23H26N4O6/c1-14(28)20(26-23(31)33-13-15-7-3-2-4-8-15)22(30)25-19(21(29)27-32)11-16-12-24-18-10-6-5-9-17(16)18/h2-10,12,14,19-20,24,28,32H,11,13H2,1H3,(H,25,30)(H,26,31)(H,27,29)/t14?,19-,20?/m0/s1. The van der Waals surface area contributed by atoms with E-state index in [1.807, 2.05) is 30.3 Å². The van der Waals surface area contributed by atoms with Gasteiger partial charge in [-0.3, -0.25) is 14.8 Å². The summed E-state index contributed by atoms with van der Waals surface area (Å²) in [5.74, 6) is -1.65. The second kappa shape index (κ2) is 11.1. The molecule has 0 aliphatic heterocycles. The maximum absolute atomic E-state index is 12.8. The third-order valence-corrected chi connectivity index (χ3v) is 5.09. The van der Waals surface area contributed by atoms with Crippen LogP contribution in [0.15, 0.2) is 60.8 Å². The lowest BCUT2D eigenvalue weighted by Gasteiger charge is -2.24. The van der Waals surface area contributed by atoms with Crippen LogP contribution in [0.5, 0.6) is 0 Å². The minimum absolute atomic E-state index is 0.0169. The van der Waals surface area contributed by atoms with Gasteiger partial charge in [0.05, 0.1) is 6.10 Å². The Morgan fingerprint density at radius 3 is 2.39 bits per heavy atom. The number of fused-ring (bicyclic) bond motifs is 1. The van der Waals surface area contributed by atoms with Crippen molar-refractivity contribution < 1.29 is 29.4 Å². The Kier molecular flexibility index (Phi) is 8.01. The van der Waals surface area contributed by atoms with E-state index in [9.17, 15) is 19.5 Å². The zero-order chi connectivity index (χ0) is 23.8. The smallest absolute Gasteiger partial charge is 0.408 e. The van der Waals surface area contributed by atoms with Crippen LogP contribution >= 0.6 is 0 Å². The average Bonchev–Trinajstić information content (AvgIpc) is 3.23. The van der Waals surface area contributed by atoms with E-state index in [-0.39, 0.29) is 13.0 Å². The summed E-state index contributed by atoms with van der Waals surface area (Å²) in [4.78, 5) is 40.3. The Balaban J connectivity index is 1.66. The van der Waals surface area contributed by atoms with Crippen LogP contribution in [0.4, 0.5) is 4.79 Å². The summed E-state index contributed by atoms with van der Waals surface area (Å²) in [6.07, 6.45) is -0.410. The maximum atomic E-state index is 12.8. The molecule has 2 unspecified atom stereocenters. The van der Waals surface area contributed by atoms with Crippen LogP contribution in [0.2, 0.25) is 0 Å². The normalized spacial score (nSPS) is 13.5. The van der Waals surface area contributed by atoms with E-state index in [0.717, 1.165) is 22.0 Å². The van der Waals surface area contributed by atoms with Crippen molar-refractivity contribution >= 4 is 28.8 Å². The largest absolute Gasteiger partial charge is 0.445 e. The first-order chi connectivity index (χ1) is 15.9. The lowest BCUT2D eigenvalue weighted by Crippen LogP contribution is -2.57. The molecule has 0 saturated carbocycles. The van der Waals surface area contributed by atoms with E-state index >= 15 is 0 Å². The summed E-state index contributed by atoms with van der Waals surface area (Å²) in [5, 5.41) is 24.8. The molecule has 0 aliphatic rings. The van der Waals surface area contributed by atoms with Gasteiger partial charge in [0.2, 0.25) is 5.91 Å². The fraction of sp³-hybridized carbons (Fsp3) is 0.261. The van der Waals surface area contributed by atoms with Gasteiger partial charge >= 0.3 is 6.09 Å². The van der Waals surface area contributed by atoms with Crippen LogP contribution < -0.4 is 16.1 Å². The number of hydrogen-bond acceptors (Lipinski definition) is 6. The van der Waals surface area contributed by atoms with Crippen LogP contribution in [0, 0.1) is 0 Å². The fourth-order valence-electron chi connectivity index (χ4n) is 3.37. The highest BCUT2D eigenvalue weighted by Gasteiger charge is 2.30. The number of alkyl carbamates (subject to hydrolysis) is 1. The van der Waals surface area contributed by atoms with Crippen molar-refractivity contribution in [1.82, 2.24) is 21.1 Å². The van der Waals surface area contributed by atoms with Crippen molar-refractivity contribution in [3.63, 3.8) is 0 Å². The molecule has 0 saturated heterocycles. The van der Waals surface area contributed by atoms with Gasteiger partial charge < -0.3 is 25.5 Å². The molecule has 3 atom stereocenters. The van der Waals surface area contributed by atoms with Gasteiger partial charge in [-0.1, -0.05) is 48.5 Å². The molecule has 3 rings (SSSR count). The molecule has 0 spiro atoms. The van der Waals surface area contributed by atoms with E-state index in [1.54, 1.807) is 30.5 Å². The van der Waals surface area contributed by atoms with E-state index in [0.29, 0.717) is 0 Å². The van der Waals surface area contributed by atoms with Crippen LogP contribution in [0.25, 0.3) is 10.9 Å². The summed E-state index contributed by atoms with van der Waals surface area (Å²) in [5.41, 5.74) is 3.89. The third-order valence-electron chi connectivity index (χ3n) is 5.09. The molecule has 3 aromatic rings. The summed E-state index contributed by atoms with van der Waals surface area (Å²) in [6, 6.07) is 13.8. The Morgan fingerprint density at radius 2 is 1.70 bits per heavy atom. The number of aromatic nitrogens is 1. The first-order valence-corrected chi connectivity index (χ1v) is 10.3. The minimum atomic E-state index is -1.38. The number of H-pyrrole nitrogens is 1. The Hall–Kier alpha value is -3.89. The van der Waals surface area contributed by atoms with Gasteiger partial charge in [-0.05, 0) is 24.1 Å². The fourth-order valence-corrected chi connectivity index (χ4v) is 3.37. The summed E-state index contributed by atoms with van der Waals surface area (Å²) in [6.45, 7) is 1.30. The second-order valence-corrected chi connectivity index (χ2v) is 7.53. The van der Waals surface area contributed by atoms with Crippen LogP contribution in [-0.4, -0.2) is 51.4 Å². The monoisotopic (exact) mass is 454 g/mol. The van der Waals surface area contributed by atoms with E-state index in [4.69, 9.17) is 9.94 Å². The predicted molar refractivity (Wildman–Crippen MR) is 119 cm³/mol. The molecule has 0 fully saturated rings. The topological polar surface area (TPSA) is 153 Å². The second-order valence-electron chi connectivity index (χ2n) is 7.53. The number of aromatic amines is 1. The lowest BCUT2D eigenvalue weighted by molar-refractivity contribution is -0.136. The van der Waals surface area contributed by atoms with Gasteiger partial charge in [0.25, 0.3) is 5.91 Å². The zero-order valence-corrected chi connectivity index (χ0v) is 17.9. The molecule has 33 heavy (non-hydrogen) atoms. The van der Waals surface area contributed by atoms with Crippen molar-refractivity contribution in [2.24, 2.45) is 0 Å². The van der Waals surface area contributed by atoms with Crippen LogP contribution in [-0.2, 0) is 27.4 Å². The molecule has 10 heteroatoms. The number of benzene rings is 2. The molecule has 1 aromatic heterocycles. The highest BCUT2D eigenvalue weighted by atomic mass is 16.5. The molecular weight excluding hydrogens is 428 g/mol. The summed E-state index contributed by atoms with van der Waals surface area (Å²) < 4.78 is 5.10. The van der Waals surface area contributed by atoms with Gasteiger partial charge in [-0.15, -0.1) is 0 Å². The van der Waals surface area contributed by atoms with Crippen LogP contribution in [0.1, 0.15) is 18.1 Å². The molecule has 0 radical (unpaired) electrons. The van der Waals surface area contributed by atoms with Crippen molar-refractivity contribution in [2.75, 3.05) is 0 Å². The number of nitrogens with one attached hydrogen (secondary N) is 4. The molecule has 0 aliphatic carbocycles. The molecule has 2 aromatic carbocycles. The number of carbonyl (C=O) groups is 3. The number of aliphatic hydroxyl groups excluding tert-OH is 1. The van der Waals surface area contributed by atoms with E-state index in [1.165, 1.54) is 12.4 Å². The number of carbonyl (C=O) groups excluding carboxylic acids is 3. The first-order valence-electron chi connectivity index (χ1n) is 10.3. The molecule has 10 nitrogen and oxygen atoms in total. The summed E-state index contributed by atoms with van der Waals surface area (Å²) in [7, 11) is 0. The van der Waals surface area contributed by atoms with Crippen molar-refractivity contribution in [3.05, 3.63) is 71.9 Å².